The minimum Gasteiger partial charge on any atom is -0.378 e. The number of hydrogen-bond acceptors (Lipinski definition) is 1. The number of hydrogen-bond donors (Lipinski definition) is 0. The minimum atomic E-state index is 0.673. The van der Waals surface area contributed by atoms with Crippen LogP contribution >= 0.6 is 0 Å². The standard InChI is InChI=1S/C15H17N2/c1-16(2)14-7-4-12(5-8-14)3-6-13-9-10-17-11-15(13)17/h3-10,15H,11H2,1-2H3/q+1. The zero-order valence-electron chi connectivity index (χ0n) is 10.3. The van der Waals surface area contributed by atoms with Crippen molar-refractivity contribution < 1.29 is 4.58 Å². The zero-order valence-corrected chi connectivity index (χ0v) is 10.3. The normalized spacial score (nSPS) is 21.2. The number of fused-ring (bicyclic) bond motifs is 1. The summed E-state index contributed by atoms with van der Waals surface area (Å²) in [6, 6.07) is 9.30. The van der Waals surface area contributed by atoms with Gasteiger partial charge in [0.15, 0.2) is 6.21 Å². The molecule has 1 fully saturated rings. The maximum absolute atomic E-state index is 2.34. The molecule has 1 aromatic rings. The van der Waals surface area contributed by atoms with Crippen LogP contribution in [-0.2, 0) is 0 Å². The van der Waals surface area contributed by atoms with E-state index in [0.717, 1.165) is 0 Å². The fourth-order valence-corrected chi connectivity index (χ4v) is 2.15. The van der Waals surface area contributed by atoms with Crippen LogP contribution in [0.3, 0.4) is 0 Å². The van der Waals surface area contributed by atoms with Gasteiger partial charge in [-0.15, -0.1) is 0 Å². The third-order valence-electron chi connectivity index (χ3n) is 3.37. The molecule has 3 rings (SSSR count). The minimum absolute atomic E-state index is 0.673. The molecule has 1 unspecified atom stereocenters. The number of anilines is 1. The highest BCUT2D eigenvalue weighted by atomic mass is 15.2. The van der Waals surface area contributed by atoms with Crippen molar-refractivity contribution in [3.05, 3.63) is 47.6 Å². The molecule has 0 spiro atoms. The van der Waals surface area contributed by atoms with Gasteiger partial charge in [-0.1, -0.05) is 24.3 Å². The molecule has 2 heteroatoms. The van der Waals surface area contributed by atoms with Crippen molar-refractivity contribution in [3.63, 3.8) is 0 Å². The predicted octanol–water partition coefficient (Wildman–Crippen LogP) is 2.17. The van der Waals surface area contributed by atoms with Crippen LogP contribution in [0.15, 0.2) is 42.0 Å². The molecular weight excluding hydrogens is 208 g/mol. The average Bonchev–Trinajstić information content (AvgIpc) is 3.01. The molecular formula is C15H17N2+. The Morgan fingerprint density at radius 1 is 1.18 bits per heavy atom. The van der Waals surface area contributed by atoms with Crippen LogP contribution in [0.2, 0.25) is 0 Å². The second-order valence-corrected chi connectivity index (χ2v) is 4.85. The Morgan fingerprint density at radius 3 is 2.47 bits per heavy atom. The molecule has 0 saturated carbocycles. The molecule has 0 bridgehead atoms. The topological polar surface area (TPSA) is 6.25 Å². The zero-order chi connectivity index (χ0) is 11.8. The molecule has 2 aliphatic rings. The van der Waals surface area contributed by atoms with Crippen LogP contribution in [0.1, 0.15) is 5.56 Å². The van der Waals surface area contributed by atoms with Gasteiger partial charge in [0, 0.05) is 31.4 Å². The Balaban J connectivity index is 1.71. The van der Waals surface area contributed by atoms with Crippen molar-refractivity contribution in [1.29, 1.82) is 0 Å². The monoisotopic (exact) mass is 225 g/mol. The fourth-order valence-electron chi connectivity index (χ4n) is 2.15. The third kappa shape index (κ3) is 2.03. The van der Waals surface area contributed by atoms with Crippen molar-refractivity contribution >= 4 is 18.0 Å². The quantitative estimate of drug-likeness (QED) is 0.564. The summed E-state index contributed by atoms with van der Waals surface area (Å²) in [5, 5.41) is 0. The Labute approximate surface area is 102 Å². The summed E-state index contributed by atoms with van der Waals surface area (Å²) in [5.74, 6) is 0. The lowest BCUT2D eigenvalue weighted by molar-refractivity contribution is -0.343. The SMILES string of the molecule is CN(C)c1ccc(/C=C/C2=CC=[N+]3CC23)cc1. The Bertz CT molecular complexity index is 518. The first kappa shape index (κ1) is 10.3. The summed E-state index contributed by atoms with van der Waals surface area (Å²) in [6.07, 6.45) is 8.82. The summed E-state index contributed by atoms with van der Waals surface area (Å²) >= 11 is 0. The number of nitrogens with zero attached hydrogens (tertiary/aromatic N) is 2. The van der Waals surface area contributed by atoms with Gasteiger partial charge in [0.05, 0.1) is 0 Å². The van der Waals surface area contributed by atoms with E-state index in [0.29, 0.717) is 6.04 Å². The molecule has 1 saturated heterocycles. The number of rotatable bonds is 3. The lowest BCUT2D eigenvalue weighted by atomic mass is 10.1. The largest absolute Gasteiger partial charge is 0.378 e. The molecule has 86 valence electrons. The summed E-state index contributed by atoms with van der Waals surface area (Å²) in [4.78, 5) is 2.12. The van der Waals surface area contributed by atoms with Gasteiger partial charge < -0.3 is 4.90 Å². The first-order chi connectivity index (χ1) is 8.24. The van der Waals surface area contributed by atoms with E-state index in [1.165, 1.54) is 23.4 Å². The van der Waals surface area contributed by atoms with Crippen LogP contribution in [0, 0.1) is 0 Å². The molecule has 1 aromatic carbocycles. The molecule has 0 N–H and O–H groups in total. The van der Waals surface area contributed by atoms with Crippen molar-refractivity contribution in [3.8, 4) is 0 Å². The first-order valence-electron chi connectivity index (χ1n) is 6.00. The Morgan fingerprint density at radius 2 is 1.94 bits per heavy atom. The summed E-state index contributed by atoms with van der Waals surface area (Å²) in [5.41, 5.74) is 3.93. The van der Waals surface area contributed by atoms with Gasteiger partial charge >= 0.3 is 0 Å². The van der Waals surface area contributed by atoms with Crippen molar-refractivity contribution in [2.24, 2.45) is 0 Å². The van der Waals surface area contributed by atoms with E-state index in [1.54, 1.807) is 0 Å². The summed E-state index contributed by atoms with van der Waals surface area (Å²) in [6.45, 7) is 1.20. The highest BCUT2D eigenvalue weighted by Crippen LogP contribution is 2.25. The molecule has 2 aliphatic heterocycles. The second-order valence-electron chi connectivity index (χ2n) is 4.85. The van der Waals surface area contributed by atoms with E-state index in [9.17, 15) is 0 Å². The smallest absolute Gasteiger partial charge is 0.236 e. The van der Waals surface area contributed by atoms with Gasteiger partial charge in [-0.3, -0.25) is 0 Å². The van der Waals surface area contributed by atoms with Gasteiger partial charge in [-0.05, 0) is 17.7 Å². The van der Waals surface area contributed by atoms with E-state index >= 15 is 0 Å². The highest BCUT2D eigenvalue weighted by molar-refractivity contribution is 5.74. The Hall–Kier alpha value is -1.83. The van der Waals surface area contributed by atoms with Crippen LogP contribution in [0.5, 0.6) is 0 Å². The third-order valence-corrected chi connectivity index (χ3v) is 3.37. The highest BCUT2D eigenvalue weighted by Gasteiger charge is 2.45. The van der Waals surface area contributed by atoms with Crippen LogP contribution in [-0.4, -0.2) is 37.5 Å². The van der Waals surface area contributed by atoms with Crippen LogP contribution < -0.4 is 4.90 Å². The number of allylic oxidation sites excluding steroid dienone is 1. The predicted molar refractivity (Wildman–Crippen MR) is 72.9 cm³/mol. The van der Waals surface area contributed by atoms with Crippen molar-refractivity contribution in [1.82, 2.24) is 0 Å². The first-order valence-corrected chi connectivity index (χ1v) is 6.00. The van der Waals surface area contributed by atoms with E-state index in [-0.39, 0.29) is 0 Å². The maximum Gasteiger partial charge on any atom is 0.236 e. The van der Waals surface area contributed by atoms with E-state index in [4.69, 9.17) is 0 Å². The molecule has 1 atom stereocenters. The maximum atomic E-state index is 2.34. The van der Waals surface area contributed by atoms with E-state index in [1.807, 2.05) is 0 Å². The molecule has 0 radical (unpaired) electrons. The van der Waals surface area contributed by atoms with E-state index in [2.05, 4.69) is 72.3 Å². The van der Waals surface area contributed by atoms with Crippen LogP contribution in [0.4, 0.5) is 5.69 Å². The molecule has 2 nitrogen and oxygen atoms in total. The van der Waals surface area contributed by atoms with Gasteiger partial charge in [0.2, 0.25) is 12.6 Å². The van der Waals surface area contributed by atoms with Gasteiger partial charge in [0.1, 0.15) is 0 Å². The van der Waals surface area contributed by atoms with Gasteiger partial charge in [-0.2, -0.15) is 0 Å². The lowest BCUT2D eigenvalue weighted by Crippen LogP contribution is -2.07. The molecule has 2 heterocycles. The number of benzene rings is 1. The van der Waals surface area contributed by atoms with Gasteiger partial charge in [-0.25, -0.2) is 4.58 Å². The Kier molecular flexibility index (Phi) is 2.36. The molecule has 0 amide bonds. The summed E-state index contributed by atoms with van der Waals surface area (Å²) in [7, 11) is 4.12. The van der Waals surface area contributed by atoms with Gasteiger partial charge in [0.25, 0.3) is 0 Å². The molecule has 0 aliphatic carbocycles. The average molecular weight is 225 g/mol. The van der Waals surface area contributed by atoms with Crippen LogP contribution in [0.25, 0.3) is 6.08 Å². The summed E-state index contributed by atoms with van der Waals surface area (Å²) < 4.78 is 2.34. The second kappa shape index (κ2) is 3.88. The molecule has 17 heavy (non-hydrogen) atoms. The lowest BCUT2D eigenvalue weighted by Gasteiger charge is -2.11. The van der Waals surface area contributed by atoms with E-state index < -0.39 is 0 Å². The fraction of sp³-hybridized carbons (Fsp3) is 0.267. The van der Waals surface area contributed by atoms with Crippen molar-refractivity contribution in [2.75, 3.05) is 25.5 Å². The molecule has 0 aromatic heterocycles. The van der Waals surface area contributed by atoms with Crippen molar-refractivity contribution in [2.45, 2.75) is 6.04 Å².